The molecule has 4 N–H and O–H groups in total. The minimum Gasteiger partial charge on any atom is -0.490 e. The first-order valence-corrected chi connectivity index (χ1v) is 9.49. The van der Waals surface area contributed by atoms with Gasteiger partial charge < -0.3 is 20.9 Å². The lowest BCUT2D eigenvalue weighted by molar-refractivity contribution is -0.385. The number of nitrogens with two attached hydrogens (primary N) is 2. The molecule has 13 heteroatoms. The highest BCUT2D eigenvalue weighted by Gasteiger charge is 2.17. The highest BCUT2D eigenvalue weighted by molar-refractivity contribution is 5.99. The molecule has 13 nitrogen and oxygen atoms in total. The van der Waals surface area contributed by atoms with Crippen molar-refractivity contribution in [3.63, 3.8) is 0 Å². The number of rotatable bonds is 8. The van der Waals surface area contributed by atoms with Crippen molar-refractivity contribution in [2.24, 2.45) is 15.9 Å². The normalized spacial score (nSPS) is 11.5. The van der Waals surface area contributed by atoms with Crippen LogP contribution >= 0.6 is 0 Å². The van der Waals surface area contributed by atoms with E-state index in [0.717, 1.165) is 0 Å². The Balaban J connectivity index is 1.78. The predicted molar refractivity (Wildman–Crippen MR) is 117 cm³/mol. The number of nitrogens with zero attached hydrogens (tertiary/aromatic N) is 5. The molecule has 0 unspecified atom stereocenters. The van der Waals surface area contributed by atoms with Crippen molar-refractivity contribution in [2.45, 2.75) is 13.8 Å². The van der Waals surface area contributed by atoms with E-state index in [1.165, 1.54) is 37.4 Å². The summed E-state index contributed by atoms with van der Waals surface area (Å²) in [5.41, 5.74) is 12.3. The van der Waals surface area contributed by atoms with E-state index in [2.05, 4.69) is 25.1 Å². The number of aryl methyl sites for hydroxylation is 1. The number of esters is 1. The van der Waals surface area contributed by atoms with Crippen molar-refractivity contribution in [1.82, 2.24) is 10.3 Å². The molecule has 0 aliphatic heterocycles. The number of nitro groups is 1. The Morgan fingerprint density at radius 2 is 2.03 bits per heavy atom. The first-order chi connectivity index (χ1) is 15.8. The molecule has 0 atom stereocenters. The molecule has 170 valence electrons. The largest absolute Gasteiger partial charge is 0.490 e. The molecular formula is C20H19N7O6. The van der Waals surface area contributed by atoms with Gasteiger partial charge in [-0.2, -0.15) is 5.10 Å². The smallest absolute Gasteiger partial charge is 0.343 e. The number of nitro benzene ring substituents is 1. The van der Waals surface area contributed by atoms with Gasteiger partial charge in [0.05, 0.1) is 23.3 Å². The van der Waals surface area contributed by atoms with Gasteiger partial charge in [-0.15, -0.1) is 5.10 Å². The summed E-state index contributed by atoms with van der Waals surface area (Å²) >= 11 is 0. The van der Waals surface area contributed by atoms with Crippen molar-refractivity contribution < 1.29 is 23.8 Å². The Morgan fingerprint density at radius 1 is 1.24 bits per heavy atom. The van der Waals surface area contributed by atoms with E-state index in [9.17, 15) is 14.9 Å². The average Bonchev–Trinajstić information content (AvgIpc) is 3.21. The number of carbonyl (C=O) groups is 1. The van der Waals surface area contributed by atoms with Gasteiger partial charge in [-0.05, 0) is 60.1 Å². The number of aromatic nitrogens is 2. The number of hydrogen-bond donors (Lipinski definition) is 2. The fraction of sp³-hybridized carbons (Fsp3) is 0.150. The van der Waals surface area contributed by atoms with E-state index < -0.39 is 10.9 Å². The molecule has 3 aromatic rings. The van der Waals surface area contributed by atoms with Gasteiger partial charge in [0.2, 0.25) is 0 Å². The van der Waals surface area contributed by atoms with E-state index in [1.54, 1.807) is 19.1 Å². The zero-order chi connectivity index (χ0) is 24.0. The molecule has 0 saturated carbocycles. The van der Waals surface area contributed by atoms with Gasteiger partial charge in [-0.1, -0.05) is 0 Å². The minimum atomic E-state index is -0.688. The quantitative estimate of drug-likeness (QED) is 0.127. The van der Waals surface area contributed by atoms with E-state index >= 15 is 0 Å². The lowest BCUT2D eigenvalue weighted by Crippen LogP contribution is -2.15. The van der Waals surface area contributed by atoms with E-state index in [0.29, 0.717) is 17.7 Å². The number of carbonyl (C=O) groups excluding carboxylic acids is 1. The third-order valence-corrected chi connectivity index (χ3v) is 4.23. The summed E-state index contributed by atoms with van der Waals surface area (Å²) in [6, 6.07) is 8.71. The first-order valence-electron chi connectivity index (χ1n) is 9.49. The van der Waals surface area contributed by atoms with Crippen molar-refractivity contribution in [1.29, 1.82) is 0 Å². The van der Waals surface area contributed by atoms with Gasteiger partial charge in [0.1, 0.15) is 0 Å². The molecule has 0 amide bonds. The predicted octanol–water partition coefficient (Wildman–Crippen LogP) is 2.23. The van der Waals surface area contributed by atoms with Gasteiger partial charge >= 0.3 is 5.97 Å². The summed E-state index contributed by atoms with van der Waals surface area (Å²) in [5.74, 6) is -0.334. The van der Waals surface area contributed by atoms with Crippen LogP contribution in [0.1, 0.15) is 34.1 Å². The van der Waals surface area contributed by atoms with Gasteiger partial charge in [0, 0.05) is 11.6 Å². The second-order valence-corrected chi connectivity index (χ2v) is 6.51. The van der Waals surface area contributed by atoms with E-state index in [1.807, 2.05) is 0 Å². The van der Waals surface area contributed by atoms with Gasteiger partial charge in [-0.25, -0.2) is 9.42 Å². The maximum Gasteiger partial charge on any atom is 0.343 e. The number of nitrogen functional groups attached to an aromatic ring is 1. The molecule has 2 aromatic carbocycles. The van der Waals surface area contributed by atoms with Gasteiger partial charge in [0.15, 0.2) is 28.8 Å². The first kappa shape index (κ1) is 22.9. The Morgan fingerprint density at radius 3 is 2.67 bits per heavy atom. The van der Waals surface area contributed by atoms with Gasteiger partial charge in [0.25, 0.3) is 5.69 Å². The second kappa shape index (κ2) is 10.00. The molecule has 0 saturated heterocycles. The monoisotopic (exact) mass is 453 g/mol. The molecule has 0 fully saturated rings. The molecule has 1 heterocycles. The number of hydrogen-bond acceptors (Lipinski definition) is 11. The number of benzene rings is 2. The molecular weight excluding hydrogens is 434 g/mol. The third kappa shape index (κ3) is 5.46. The number of ether oxygens (including phenoxy) is 2. The summed E-state index contributed by atoms with van der Waals surface area (Å²) in [6.07, 6.45) is 1.39. The molecule has 1 aromatic heterocycles. The zero-order valence-electron chi connectivity index (χ0n) is 17.6. The lowest BCUT2D eigenvalue weighted by Gasteiger charge is -2.11. The highest BCUT2D eigenvalue weighted by Crippen LogP contribution is 2.29. The van der Waals surface area contributed by atoms with E-state index in [4.69, 9.17) is 20.9 Å². The SMILES string of the molecule is CCOc1cc(C=N/N=C(\N)c2nonc2N)ccc1OC(=O)c1ccc([N+](=O)[O-])c(C)c1. The minimum absolute atomic E-state index is 0.0144. The van der Waals surface area contributed by atoms with E-state index in [-0.39, 0.29) is 40.1 Å². The van der Waals surface area contributed by atoms with Crippen LogP contribution in [0.4, 0.5) is 11.5 Å². The van der Waals surface area contributed by atoms with Crippen LogP contribution in [-0.4, -0.2) is 39.9 Å². The van der Waals surface area contributed by atoms with Crippen LogP contribution < -0.4 is 20.9 Å². The Labute approximate surface area is 186 Å². The molecule has 0 bridgehead atoms. The summed E-state index contributed by atoms with van der Waals surface area (Å²) < 4.78 is 15.4. The van der Waals surface area contributed by atoms with Crippen LogP contribution in [0.5, 0.6) is 11.5 Å². The van der Waals surface area contributed by atoms with Crippen LogP contribution in [0.25, 0.3) is 0 Å². The van der Waals surface area contributed by atoms with Crippen LogP contribution in [0.2, 0.25) is 0 Å². The van der Waals surface area contributed by atoms with Gasteiger partial charge in [-0.3, -0.25) is 10.1 Å². The maximum absolute atomic E-state index is 12.5. The zero-order valence-corrected chi connectivity index (χ0v) is 17.6. The summed E-state index contributed by atoms with van der Waals surface area (Å²) in [4.78, 5) is 23.0. The third-order valence-electron chi connectivity index (χ3n) is 4.23. The molecule has 0 aliphatic rings. The summed E-state index contributed by atoms with van der Waals surface area (Å²) in [6.45, 7) is 3.62. The summed E-state index contributed by atoms with van der Waals surface area (Å²) in [5, 5.41) is 25.5. The van der Waals surface area contributed by atoms with Crippen molar-refractivity contribution >= 4 is 29.5 Å². The van der Waals surface area contributed by atoms with Crippen LogP contribution in [0, 0.1) is 17.0 Å². The number of anilines is 1. The molecule has 3 rings (SSSR count). The standard InChI is InChI=1S/C20H19N7O6/c1-3-31-16-9-12(10-23-24-18(21)17-19(22)26-33-25-17)4-7-15(16)32-20(28)13-5-6-14(27(29)30)11(2)8-13/h4-10H,3H2,1-2H3,(H2,21,24)(H2,22,26). The fourth-order valence-corrected chi connectivity index (χ4v) is 2.68. The molecule has 0 radical (unpaired) electrons. The highest BCUT2D eigenvalue weighted by atomic mass is 16.6. The molecule has 0 spiro atoms. The van der Waals surface area contributed by atoms with Crippen molar-refractivity contribution in [3.8, 4) is 11.5 Å². The molecule has 33 heavy (non-hydrogen) atoms. The second-order valence-electron chi connectivity index (χ2n) is 6.51. The fourth-order valence-electron chi connectivity index (χ4n) is 2.68. The van der Waals surface area contributed by atoms with Crippen LogP contribution in [0.15, 0.2) is 51.2 Å². The molecule has 0 aliphatic carbocycles. The number of amidine groups is 1. The van der Waals surface area contributed by atoms with Crippen LogP contribution in [0.3, 0.4) is 0 Å². The maximum atomic E-state index is 12.5. The van der Waals surface area contributed by atoms with Crippen LogP contribution in [-0.2, 0) is 0 Å². The Hall–Kier alpha value is -4.81. The Bertz CT molecular complexity index is 1250. The lowest BCUT2D eigenvalue weighted by atomic mass is 10.1. The summed E-state index contributed by atoms with van der Waals surface area (Å²) in [7, 11) is 0. The topological polar surface area (TPSA) is 194 Å². The van der Waals surface area contributed by atoms with Crippen molar-refractivity contribution in [2.75, 3.05) is 12.3 Å². The Kier molecular flexibility index (Phi) is 6.93. The van der Waals surface area contributed by atoms with Crippen molar-refractivity contribution in [3.05, 3.63) is 68.9 Å². The average molecular weight is 453 g/mol.